The maximum atomic E-state index is 13.5. The van der Waals surface area contributed by atoms with Crippen LogP contribution in [0.4, 0.5) is 18.0 Å². The average Bonchev–Trinajstić information content (AvgIpc) is 3.07. The van der Waals surface area contributed by atoms with Gasteiger partial charge in [0.2, 0.25) is 0 Å². The molecule has 0 bridgehead atoms. The van der Waals surface area contributed by atoms with Crippen LogP contribution in [0, 0.1) is 5.92 Å². The van der Waals surface area contributed by atoms with Gasteiger partial charge in [-0.15, -0.1) is 0 Å². The van der Waals surface area contributed by atoms with Crippen LogP contribution in [0.25, 0.3) is 0 Å². The number of hydrogen-bond donors (Lipinski definition) is 1. The molecule has 26 heavy (non-hydrogen) atoms. The molecule has 0 unspecified atom stereocenters. The average molecular weight is 373 g/mol. The maximum Gasteiger partial charge on any atom is 0.409 e. The zero-order valence-corrected chi connectivity index (χ0v) is 14.3. The van der Waals surface area contributed by atoms with Gasteiger partial charge in [0, 0.05) is 12.8 Å². The molecule has 1 aliphatic heterocycles. The molecule has 1 N–H and O–H groups in total. The molecule has 1 amide bonds. The van der Waals surface area contributed by atoms with Crippen molar-refractivity contribution in [1.82, 2.24) is 5.32 Å². The van der Waals surface area contributed by atoms with Crippen molar-refractivity contribution in [2.24, 2.45) is 5.92 Å². The molecule has 5 nitrogen and oxygen atoms in total. The molecule has 1 saturated carbocycles. The van der Waals surface area contributed by atoms with Crippen molar-refractivity contribution in [2.75, 3.05) is 13.2 Å². The summed E-state index contributed by atoms with van der Waals surface area (Å²) in [6.07, 6.45) is -4.29. The number of nitrogens with one attached hydrogen (secondary N) is 1. The summed E-state index contributed by atoms with van der Waals surface area (Å²) in [6.45, 7) is 0.863. The van der Waals surface area contributed by atoms with Gasteiger partial charge >= 0.3 is 12.3 Å². The van der Waals surface area contributed by atoms with Crippen LogP contribution >= 0.6 is 0 Å². The van der Waals surface area contributed by atoms with E-state index in [-0.39, 0.29) is 19.4 Å². The third-order valence-corrected chi connectivity index (χ3v) is 4.92. The minimum atomic E-state index is -4.54. The van der Waals surface area contributed by atoms with Gasteiger partial charge in [-0.1, -0.05) is 30.3 Å². The van der Waals surface area contributed by atoms with Gasteiger partial charge in [0.15, 0.2) is 5.79 Å². The predicted octanol–water partition coefficient (Wildman–Crippen LogP) is 3.78. The zero-order chi connectivity index (χ0) is 18.6. The molecule has 1 saturated heterocycles. The Morgan fingerprint density at radius 1 is 1.19 bits per heavy atom. The van der Waals surface area contributed by atoms with Crippen LogP contribution in [0.5, 0.6) is 0 Å². The standard InChI is InChI=1S/C18H22F3NO4/c19-18(20,21)15(14-6-8-17(9-7-14)25-10-11-26-17)22-16(23)24-12-13-4-2-1-3-5-13/h1-5,14-15H,6-12H2,(H,22,23)/t15-/m0/s1. The number of carbonyl (C=O) groups is 1. The van der Waals surface area contributed by atoms with E-state index >= 15 is 0 Å². The molecule has 0 radical (unpaired) electrons. The molecule has 1 aliphatic carbocycles. The van der Waals surface area contributed by atoms with E-state index in [0.29, 0.717) is 31.6 Å². The first-order chi connectivity index (χ1) is 12.4. The Morgan fingerprint density at radius 2 is 1.81 bits per heavy atom. The Labute approximate surface area is 149 Å². The predicted molar refractivity (Wildman–Crippen MR) is 86.2 cm³/mol. The summed E-state index contributed by atoms with van der Waals surface area (Å²) in [5, 5.41) is 2.01. The zero-order valence-electron chi connectivity index (χ0n) is 14.3. The van der Waals surface area contributed by atoms with E-state index in [1.165, 1.54) is 0 Å². The van der Waals surface area contributed by atoms with Crippen molar-refractivity contribution in [2.45, 2.75) is 50.3 Å². The molecule has 1 aromatic carbocycles. The van der Waals surface area contributed by atoms with Crippen LogP contribution in [0.15, 0.2) is 30.3 Å². The van der Waals surface area contributed by atoms with Gasteiger partial charge in [-0.2, -0.15) is 13.2 Å². The number of alkyl carbamates (subject to hydrolysis) is 1. The van der Waals surface area contributed by atoms with Gasteiger partial charge in [0.1, 0.15) is 12.6 Å². The third-order valence-electron chi connectivity index (χ3n) is 4.92. The molecule has 1 spiro atoms. The lowest BCUT2D eigenvalue weighted by Gasteiger charge is -2.38. The lowest BCUT2D eigenvalue weighted by molar-refractivity contribution is -0.202. The van der Waals surface area contributed by atoms with Gasteiger partial charge < -0.3 is 19.5 Å². The molecule has 2 aliphatic rings. The van der Waals surface area contributed by atoms with Gasteiger partial charge in [0.05, 0.1) is 13.2 Å². The summed E-state index contributed by atoms with van der Waals surface area (Å²) in [7, 11) is 0. The SMILES string of the molecule is O=C(N[C@@H](C1CCC2(CC1)OCCO2)C(F)(F)F)OCc1ccccc1. The molecule has 0 aromatic heterocycles. The van der Waals surface area contributed by atoms with Crippen LogP contribution in [0.2, 0.25) is 0 Å². The summed E-state index contributed by atoms with van der Waals surface area (Å²) >= 11 is 0. The van der Waals surface area contributed by atoms with Crippen LogP contribution in [0.1, 0.15) is 31.2 Å². The summed E-state index contributed by atoms with van der Waals surface area (Å²) in [5.74, 6) is -1.46. The van der Waals surface area contributed by atoms with Crippen molar-refractivity contribution in [3.8, 4) is 0 Å². The van der Waals surface area contributed by atoms with Gasteiger partial charge in [-0.25, -0.2) is 4.79 Å². The number of rotatable bonds is 4. The Morgan fingerprint density at radius 3 is 2.38 bits per heavy atom. The highest BCUT2D eigenvalue weighted by Gasteiger charge is 2.50. The number of alkyl halides is 3. The normalized spacial score (nSPS) is 21.5. The highest BCUT2D eigenvalue weighted by Crippen LogP contribution is 2.42. The quantitative estimate of drug-likeness (QED) is 0.873. The fraction of sp³-hybridized carbons (Fsp3) is 0.611. The minimum absolute atomic E-state index is 0.0767. The molecule has 1 aromatic rings. The lowest BCUT2D eigenvalue weighted by atomic mass is 9.80. The highest BCUT2D eigenvalue weighted by atomic mass is 19.4. The maximum absolute atomic E-state index is 13.5. The van der Waals surface area contributed by atoms with E-state index in [1.807, 2.05) is 5.32 Å². The van der Waals surface area contributed by atoms with E-state index in [2.05, 4.69) is 0 Å². The number of carbonyl (C=O) groups excluding carboxylic acids is 1. The number of ether oxygens (including phenoxy) is 3. The lowest BCUT2D eigenvalue weighted by Crippen LogP contribution is -2.52. The van der Waals surface area contributed by atoms with Crippen molar-refractivity contribution in [1.29, 1.82) is 0 Å². The van der Waals surface area contributed by atoms with E-state index in [1.54, 1.807) is 30.3 Å². The summed E-state index contributed by atoms with van der Waals surface area (Å²) < 4.78 is 56.4. The third kappa shape index (κ3) is 4.67. The monoisotopic (exact) mass is 373 g/mol. The Hall–Kier alpha value is -1.80. The molecular formula is C18H22F3NO4. The molecule has 8 heteroatoms. The van der Waals surface area contributed by atoms with Gasteiger partial charge in [0.25, 0.3) is 0 Å². The van der Waals surface area contributed by atoms with E-state index in [4.69, 9.17) is 14.2 Å². The van der Waals surface area contributed by atoms with E-state index < -0.39 is 30.0 Å². The van der Waals surface area contributed by atoms with Crippen LogP contribution < -0.4 is 5.32 Å². The molecule has 3 rings (SSSR count). The van der Waals surface area contributed by atoms with Crippen molar-refractivity contribution >= 4 is 6.09 Å². The second-order valence-electron chi connectivity index (χ2n) is 6.67. The fourth-order valence-corrected chi connectivity index (χ4v) is 3.56. The number of halogens is 3. The van der Waals surface area contributed by atoms with Gasteiger partial charge in [-0.3, -0.25) is 0 Å². The van der Waals surface area contributed by atoms with Crippen LogP contribution in [-0.4, -0.2) is 37.3 Å². The number of hydrogen-bond acceptors (Lipinski definition) is 4. The number of benzene rings is 1. The van der Waals surface area contributed by atoms with Crippen LogP contribution in [-0.2, 0) is 20.8 Å². The first-order valence-electron chi connectivity index (χ1n) is 8.70. The first-order valence-corrected chi connectivity index (χ1v) is 8.70. The van der Waals surface area contributed by atoms with E-state index in [9.17, 15) is 18.0 Å². The Kier molecular flexibility index (Phi) is 5.72. The van der Waals surface area contributed by atoms with Crippen molar-refractivity contribution in [3.05, 3.63) is 35.9 Å². The fourth-order valence-electron chi connectivity index (χ4n) is 3.56. The summed E-state index contributed by atoms with van der Waals surface area (Å²) in [5.41, 5.74) is 0.710. The molecule has 2 fully saturated rings. The molecular weight excluding hydrogens is 351 g/mol. The van der Waals surface area contributed by atoms with Crippen molar-refractivity contribution in [3.63, 3.8) is 0 Å². The topological polar surface area (TPSA) is 56.8 Å². The largest absolute Gasteiger partial charge is 0.445 e. The molecule has 1 atom stereocenters. The minimum Gasteiger partial charge on any atom is -0.445 e. The van der Waals surface area contributed by atoms with Gasteiger partial charge in [-0.05, 0) is 24.3 Å². The molecule has 144 valence electrons. The van der Waals surface area contributed by atoms with E-state index in [0.717, 1.165) is 0 Å². The second kappa shape index (κ2) is 7.84. The summed E-state index contributed by atoms with van der Waals surface area (Å²) in [6, 6.07) is 6.86. The summed E-state index contributed by atoms with van der Waals surface area (Å²) in [4.78, 5) is 11.9. The molecule has 1 heterocycles. The first kappa shape index (κ1) is 19.0. The highest BCUT2D eigenvalue weighted by molar-refractivity contribution is 5.67. The van der Waals surface area contributed by atoms with Crippen molar-refractivity contribution < 1.29 is 32.2 Å². The number of amides is 1. The van der Waals surface area contributed by atoms with Crippen LogP contribution in [0.3, 0.4) is 0 Å². The Bertz CT molecular complexity index is 592. The smallest absolute Gasteiger partial charge is 0.409 e. The Balaban J connectivity index is 1.55. The second-order valence-corrected chi connectivity index (χ2v) is 6.67.